The zero-order chi connectivity index (χ0) is 18.0. The molecule has 0 atom stereocenters. The van der Waals surface area contributed by atoms with E-state index in [4.69, 9.17) is 0 Å². The Morgan fingerprint density at radius 1 is 0.640 bits per heavy atom. The van der Waals surface area contributed by atoms with Crippen molar-refractivity contribution in [3.63, 3.8) is 0 Å². The van der Waals surface area contributed by atoms with E-state index >= 15 is 0 Å². The van der Waals surface area contributed by atoms with Crippen LogP contribution in [0.5, 0.6) is 0 Å². The Morgan fingerprint density at radius 3 is 1.68 bits per heavy atom. The molecule has 0 heteroatoms. The standard InChI is InChI=1S/C25H32/c1-17-7-9-19(10-8-17)25(13-14-25)20-16-22-21(15-18(20)2)23(3,4)11-12-24(22,5)6/h7-10,15-16H,11-14H2,1-6H3. The topological polar surface area (TPSA) is 0 Å². The molecule has 0 spiro atoms. The van der Waals surface area contributed by atoms with Gasteiger partial charge < -0.3 is 0 Å². The van der Waals surface area contributed by atoms with Crippen LogP contribution in [0.3, 0.4) is 0 Å². The van der Waals surface area contributed by atoms with E-state index in [2.05, 4.69) is 77.9 Å². The first-order valence-electron chi connectivity index (χ1n) is 9.89. The van der Waals surface area contributed by atoms with Crippen LogP contribution < -0.4 is 0 Å². The van der Waals surface area contributed by atoms with Crippen LogP contribution in [-0.2, 0) is 16.2 Å². The molecule has 0 heterocycles. The van der Waals surface area contributed by atoms with Gasteiger partial charge in [0, 0.05) is 5.41 Å². The predicted octanol–water partition coefficient (Wildman–Crippen LogP) is 6.73. The van der Waals surface area contributed by atoms with E-state index in [1.165, 1.54) is 42.4 Å². The van der Waals surface area contributed by atoms with Crippen molar-refractivity contribution in [2.75, 3.05) is 0 Å². The molecule has 0 saturated heterocycles. The van der Waals surface area contributed by atoms with Gasteiger partial charge in [-0.3, -0.25) is 0 Å². The van der Waals surface area contributed by atoms with Crippen LogP contribution in [0, 0.1) is 13.8 Å². The van der Waals surface area contributed by atoms with E-state index in [0.717, 1.165) is 0 Å². The van der Waals surface area contributed by atoms with Gasteiger partial charge in [-0.2, -0.15) is 0 Å². The van der Waals surface area contributed by atoms with Crippen molar-refractivity contribution >= 4 is 0 Å². The molecule has 2 aliphatic rings. The van der Waals surface area contributed by atoms with Crippen molar-refractivity contribution in [1.82, 2.24) is 0 Å². The van der Waals surface area contributed by atoms with Gasteiger partial charge in [-0.15, -0.1) is 0 Å². The summed E-state index contributed by atoms with van der Waals surface area (Å²) in [6.45, 7) is 14.2. The highest BCUT2D eigenvalue weighted by atomic mass is 14.5. The van der Waals surface area contributed by atoms with Gasteiger partial charge in [-0.05, 0) is 78.2 Å². The Kier molecular flexibility index (Phi) is 3.53. The van der Waals surface area contributed by atoms with Gasteiger partial charge in [-0.25, -0.2) is 0 Å². The van der Waals surface area contributed by atoms with E-state index < -0.39 is 0 Å². The summed E-state index contributed by atoms with van der Waals surface area (Å²) in [5.41, 5.74) is 9.98. The average molecular weight is 333 g/mol. The lowest BCUT2D eigenvalue weighted by atomic mass is 9.62. The molecular formula is C25H32. The van der Waals surface area contributed by atoms with Gasteiger partial charge in [0.15, 0.2) is 0 Å². The fourth-order valence-electron chi connectivity index (χ4n) is 4.95. The first-order valence-corrected chi connectivity index (χ1v) is 9.89. The van der Waals surface area contributed by atoms with Crippen LogP contribution in [0.1, 0.15) is 86.8 Å². The van der Waals surface area contributed by atoms with Crippen LogP contribution in [0.25, 0.3) is 0 Å². The van der Waals surface area contributed by atoms with E-state index in [0.29, 0.717) is 5.41 Å². The second-order valence-electron chi connectivity index (χ2n) is 9.93. The fourth-order valence-corrected chi connectivity index (χ4v) is 4.95. The lowest BCUT2D eigenvalue weighted by Gasteiger charge is -2.43. The molecule has 0 aromatic heterocycles. The monoisotopic (exact) mass is 332 g/mol. The third-order valence-electron chi connectivity index (χ3n) is 7.07. The summed E-state index contributed by atoms with van der Waals surface area (Å²) in [7, 11) is 0. The van der Waals surface area contributed by atoms with Crippen molar-refractivity contribution in [1.29, 1.82) is 0 Å². The van der Waals surface area contributed by atoms with Crippen molar-refractivity contribution in [3.05, 3.63) is 69.8 Å². The van der Waals surface area contributed by atoms with Crippen LogP contribution in [0.2, 0.25) is 0 Å². The number of rotatable bonds is 2. The molecule has 4 rings (SSSR count). The SMILES string of the molecule is Cc1ccc(C2(c3cc4c(cc3C)C(C)(C)CCC4(C)C)CC2)cc1. The molecule has 1 saturated carbocycles. The molecule has 0 amide bonds. The highest BCUT2D eigenvalue weighted by Crippen LogP contribution is 2.56. The minimum Gasteiger partial charge on any atom is -0.0590 e. The Morgan fingerprint density at radius 2 is 1.16 bits per heavy atom. The van der Waals surface area contributed by atoms with Gasteiger partial charge in [0.25, 0.3) is 0 Å². The Bertz CT molecular complexity index is 814. The van der Waals surface area contributed by atoms with E-state index in [9.17, 15) is 0 Å². The third-order valence-corrected chi connectivity index (χ3v) is 7.07. The number of hydrogen-bond donors (Lipinski definition) is 0. The van der Waals surface area contributed by atoms with Gasteiger partial charge >= 0.3 is 0 Å². The van der Waals surface area contributed by atoms with Gasteiger partial charge in [0.05, 0.1) is 0 Å². The van der Waals surface area contributed by atoms with Crippen molar-refractivity contribution in [3.8, 4) is 0 Å². The summed E-state index contributed by atoms with van der Waals surface area (Å²) >= 11 is 0. The summed E-state index contributed by atoms with van der Waals surface area (Å²) in [4.78, 5) is 0. The number of benzene rings is 2. The minimum atomic E-state index is 0.268. The second-order valence-corrected chi connectivity index (χ2v) is 9.93. The summed E-state index contributed by atoms with van der Waals surface area (Å²) < 4.78 is 0. The predicted molar refractivity (Wildman–Crippen MR) is 108 cm³/mol. The molecule has 132 valence electrons. The third kappa shape index (κ3) is 2.57. The molecule has 1 fully saturated rings. The number of fused-ring (bicyclic) bond motifs is 1. The molecule has 0 bridgehead atoms. The summed E-state index contributed by atoms with van der Waals surface area (Å²) in [6, 6.07) is 14.4. The summed E-state index contributed by atoms with van der Waals surface area (Å²) in [5, 5.41) is 0. The number of hydrogen-bond acceptors (Lipinski definition) is 0. The minimum absolute atomic E-state index is 0.268. The molecule has 0 N–H and O–H groups in total. The van der Waals surface area contributed by atoms with Crippen LogP contribution in [0.15, 0.2) is 36.4 Å². The van der Waals surface area contributed by atoms with E-state index in [-0.39, 0.29) is 10.8 Å². The normalized spacial score (nSPS) is 22.3. The molecule has 0 unspecified atom stereocenters. The van der Waals surface area contributed by atoms with Crippen molar-refractivity contribution < 1.29 is 0 Å². The molecule has 2 aromatic carbocycles. The van der Waals surface area contributed by atoms with Gasteiger partial charge in [0.2, 0.25) is 0 Å². The van der Waals surface area contributed by atoms with E-state index in [1.54, 1.807) is 16.7 Å². The molecule has 0 aliphatic heterocycles. The molecule has 0 nitrogen and oxygen atoms in total. The molecule has 2 aromatic rings. The zero-order valence-electron chi connectivity index (χ0n) is 16.8. The lowest BCUT2D eigenvalue weighted by Crippen LogP contribution is -2.34. The van der Waals surface area contributed by atoms with Crippen LogP contribution in [0.4, 0.5) is 0 Å². The molecular weight excluding hydrogens is 300 g/mol. The molecule has 0 radical (unpaired) electrons. The molecule has 2 aliphatic carbocycles. The Labute approximate surface area is 153 Å². The highest BCUT2D eigenvalue weighted by Gasteiger charge is 2.48. The summed E-state index contributed by atoms with van der Waals surface area (Å²) in [6.07, 6.45) is 5.15. The maximum Gasteiger partial charge on any atom is 0.0206 e. The molecule has 25 heavy (non-hydrogen) atoms. The first kappa shape index (κ1) is 16.9. The highest BCUT2D eigenvalue weighted by molar-refractivity contribution is 5.55. The van der Waals surface area contributed by atoms with Crippen LogP contribution >= 0.6 is 0 Å². The second kappa shape index (κ2) is 5.22. The maximum atomic E-state index is 2.60. The fraction of sp³-hybridized carbons (Fsp3) is 0.520. The van der Waals surface area contributed by atoms with Crippen molar-refractivity contribution in [2.45, 2.75) is 83.5 Å². The lowest BCUT2D eigenvalue weighted by molar-refractivity contribution is 0.331. The average Bonchev–Trinajstić information content (AvgIpc) is 3.34. The van der Waals surface area contributed by atoms with Gasteiger partial charge in [0.1, 0.15) is 0 Å². The quantitative estimate of drug-likeness (QED) is 0.572. The van der Waals surface area contributed by atoms with Crippen molar-refractivity contribution in [2.24, 2.45) is 0 Å². The zero-order valence-corrected chi connectivity index (χ0v) is 16.8. The maximum absolute atomic E-state index is 2.60. The first-order chi connectivity index (χ1) is 11.7. The van der Waals surface area contributed by atoms with Gasteiger partial charge in [-0.1, -0.05) is 69.7 Å². The smallest absolute Gasteiger partial charge is 0.0206 e. The Balaban J connectivity index is 1.89. The van der Waals surface area contributed by atoms with E-state index in [1.807, 2.05) is 0 Å². The number of aryl methyl sites for hydroxylation is 2. The Hall–Kier alpha value is -1.56. The summed E-state index contributed by atoms with van der Waals surface area (Å²) in [5.74, 6) is 0. The largest absolute Gasteiger partial charge is 0.0590 e. The van der Waals surface area contributed by atoms with Crippen LogP contribution in [-0.4, -0.2) is 0 Å².